The van der Waals surface area contributed by atoms with Crippen molar-refractivity contribution in [3.05, 3.63) is 0 Å². The Bertz CT molecular complexity index is 350. The van der Waals surface area contributed by atoms with Crippen LogP contribution in [0.5, 0.6) is 0 Å². The SMILES string of the molecule is CN(C)C(=O)C[C@@]1(O)C[C@H]2CC[C@]1(C)C2(C)C. The average Bonchev–Trinajstić information content (AvgIpc) is 2.49. The van der Waals surface area contributed by atoms with Crippen LogP contribution < -0.4 is 0 Å². The van der Waals surface area contributed by atoms with Crippen LogP contribution in [0.4, 0.5) is 0 Å². The first-order valence-corrected chi connectivity index (χ1v) is 6.57. The molecule has 0 aromatic carbocycles. The Balaban J connectivity index is 2.27. The number of carbonyl (C=O) groups excluding carboxylic acids is 1. The van der Waals surface area contributed by atoms with Gasteiger partial charge in [0, 0.05) is 19.5 Å². The Labute approximate surface area is 104 Å². The van der Waals surface area contributed by atoms with Crippen molar-refractivity contribution >= 4 is 5.91 Å². The van der Waals surface area contributed by atoms with Crippen LogP contribution in [0.15, 0.2) is 0 Å². The van der Waals surface area contributed by atoms with E-state index in [1.807, 2.05) is 0 Å². The average molecular weight is 239 g/mol. The van der Waals surface area contributed by atoms with E-state index in [0.717, 1.165) is 12.8 Å². The van der Waals surface area contributed by atoms with Gasteiger partial charge in [0.25, 0.3) is 0 Å². The van der Waals surface area contributed by atoms with Crippen LogP contribution in [-0.2, 0) is 4.79 Å². The monoisotopic (exact) mass is 239 g/mol. The quantitative estimate of drug-likeness (QED) is 0.801. The first-order chi connectivity index (χ1) is 7.64. The highest BCUT2D eigenvalue weighted by Gasteiger charge is 2.68. The highest BCUT2D eigenvalue weighted by Crippen LogP contribution is 2.70. The second-order valence-electron chi connectivity index (χ2n) is 6.99. The molecule has 0 saturated heterocycles. The molecule has 0 unspecified atom stereocenters. The number of aliphatic hydroxyl groups is 1. The van der Waals surface area contributed by atoms with Crippen LogP contribution in [-0.4, -0.2) is 35.6 Å². The molecular formula is C14H25NO2. The Morgan fingerprint density at radius 1 is 1.35 bits per heavy atom. The summed E-state index contributed by atoms with van der Waals surface area (Å²) in [5, 5.41) is 10.9. The van der Waals surface area contributed by atoms with Gasteiger partial charge in [-0.1, -0.05) is 20.8 Å². The smallest absolute Gasteiger partial charge is 0.224 e. The fourth-order valence-electron chi connectivity index (χ4n) is 4.09. The summed E-state index contributed by atoms with van der Waals surface area (Å²) in [5.41, 5.74) is -0.772. The van der Waals surface area contributed by atoms with Crippen molar-refractivity contribution in [2.45, 2.75) is 52.1 Å². The maximum absolute atomic E-state index is 11.9. The summed E-state index contributed by atoms with van der Waals surface area (Å²) in [6.45, 7) is 6.68. The Hall–Kier alpha value is -0.570. The van der Waals surface area contributed by atoms with Gasteiger partial charge in [0.05, 0.1) is 12.0 Å². The molecule has 98 valence electrons. The molecule has 3 nitrogen and oxygen atoms in total. The van der Waals surface area contributed by atoms with Crippen LogP contribution in [0.25, 0.3) is 0 Å². The minimum Gasteiger partial charge on any atom is -0.389 e. The van der Waals surface area contributed by atoms with Gasteiger partial charge in [0.2, 0.25) is 5.91 Å². The number of hydrogen-bond acceptors (Lipinski definition) is 2. The largest absolute Gasteiger partial charge is 0.389 e. The topological polar surface area (TPSA) is 40.5 Å². The minimum atomic E-state index is -0.805. The number of carbonyl (C=O) groups is 1. The van der Waals surface area contributed by atoms with E-state index in [-0.39, 0.29) is 23.2 Å². The lowest BCUT2D eigenvalue weighted by atomic mass is 9.63. The fraction of sp³-hybridized carbons (Fsp3) is 0.929. The molecule has 0 aromatic rings. The Kier molecular flexibility index (Phi) is 2.63. The summed E-state index contributed by atoms with van der Waals surface area (Å²) in [7, 11) is 3.51. The third-order valence-electron chi connectivity index (χ3n) is 5.99. The molecule has 3 atom stereocenters. The summed E-state index contributed by atoms with van der Waals surface area (Å²) >= 11 is 0. The second kappa shape index (κ2) is 3.47. The predicted molar refractivity (Wildman–Crippen MR) is 67.5 cm³/mol. The molecule has 1 amide bonds. The number of fused-ring (bicyclic) bond motifs is 2. The summed E-state index contributed by atoms with van der Waals surface area (Å²) in [6, 6.07) is 0. The van der Waals surface area contributed by atoms with Crippen LogP contribution in [0, 0.1) is 16.7 Å². The van der Waals surface area contributed by atoms with Crippen molar-refractivity contribution in [3.8, 4) is 0 Å². The second-order valence-corrected chi connectivity index (χ2v) is 6.99. The maximum Gasteiger partial charge on any atom is 0.224 e. The van der Waals surface area contributed by atoms with Gasteiger partial charge in [-0.15, -0.1) is 0 Å². The van der Waals surface area contributed by atoms with Crippen molar-refractivity contribution in [1.29, 1.82) is 0 Å². The minimum absolute atomic E-state index is 0.0390. The van der Waals surface area contributed by atoms with E-state index in [4.69, 9.17) is 0 Å². The van der Waals surface area contributed by atoms with Crippen molar-refractivity contribution in [2.24, 2.45) is 16.7 Å². The van der Waals surface area contributed by atoms with E-state index in [1.165, 1.54) is 6.42 Å². The molecule has 2 rings (SSSR count). The molecule has 2 bridgehead atoms. The van der Waals surface area contributed by atoms with E-state index in [9.17, 15) is 9.90 Å². The molecule has 17 heavy (non-hydrogen) atoms. The summed E-state index contributed by atoms with van der Waals surface area (Å²) in [4.78, 5) is 13.5. The highest BCUT2D eigenvalue weighted by molar-refractivity contribution is 5.77. The number of hydrogen-bond donors (Lipinski definition) is 1. The molecule has 0 aromatic heterocycles. The van der Waals surface area contributed by atoms with Gasteiger partial charge < -0.3 is 10.0 Å². The maximum atomic E-state index is 11.9. The van der Waals surface area contributed by atoms with Gasteiger partial charge in [-0.2, -0.15) is 0 Å². The molecule has 1 N–H and O–H groups in total. The van der Waals surface area contributed by atoms with Gasteiger partial charge in [0.1, 0.15) is 0 Å². The molecule has 2 saturated carbocycles. The number of amides is 1. The number of rotatable bonds is 2. The third-order valence-corrected chi connectivity index (χ3v) is 5.99. The normalized spacial score (nSPS) is 42.8. The van der Waals surface area contributed by atoms with Crippen molar-refractivity contribution in [1.82, 2.24) is 4.90 Å². The van der Waals surface area contributed by atoms with Crippen molar-refractivity contribution < 1.29 is 9.90 Å². The summed E-state index contributed by atoms with van der Waals surface area (Å²) < 4.78 is 0. The first kappa shape index (κ1) is 12.9. The lowest BCUT2D eigenvalue weighted by Gasteiger charge is -2.45. The van der Waals surface area contributed by atoms with Crippen LogP contribution in [0.3, 0.4) is 0 Å². The molecule has 2 aliphatic rings. The number of nitrogens with zero attached hydrogens (tertiary/aromatic N) is 1. The van der Waals surface area contributed by atoms with E-state index < -0.39 is 5.60 Å². The third kappa shape index (κ3) is 1.48. The van der Waals surface area contributed by atoms with Gasteiger partial charge >= 0.3 is 0 Å². The van der Waals surface area contributed by atoms with E-state index in [2.05, 4.69) is 20.8 Å². The molecule has 0 spiro atoms. The molecule has 2 fully saturated rings. The highest BCUT2D eigenvalue weighted by atomic mass is 16.3. The van der Waals surface area contributed by atoms with Crippen LogP contribution in [0.1, 0.15) is 46.5 Å². The molecule has 0 aliphatic heterocycles. The predicted octanol–water partition coefficient (Wildman–Crippen LogP) is 2.04. The zero-order chi connectivity index (χ0) is 13.1. The fourth-order valence-corrected chi connectivity index (χ4v) is 4.09. The lowest BCUT2D eigenvalue weighted by Crippen LogP contribution is -2.49. The zero-order valence-corrected chi connectivity index (χ0v) is 11.7. The van der Waals surface area contributed by atoms with E-state index in [1.54, 1.807) is 19.0 Å². The van der Waals surface area contributed by atoms with Crippen LogP contribution >= 0.6 is 0 Å². The molecule has 2 aliphatic carbocycles. The Morgan fingerprint density at radius 2 is 1.94 bits per heavy atom. The van der Waals surface area contributed by atoms with Gasteiger partial charge in [0.15, 0.2) is 0 Å². The van der Waals surface area contributed by atoms with Gasteiger partial charge in [-0.05, 0) is 30.6 Å². The molecular weight excluding hydrogens is 214 g/mol. The first-order valence-electron chi connectivity index (χ1n) is 6.57. The molecule has 3 heteroatoms. The summed E-state index contributed by atoms with van der Waals surface area (Å²) in [6.07, 6.45) is 3.30. The van der Waals surface area contributed by atoms with Gasteiger partial charge in [-0.25, -0.2) is 0 Å². The van der Waals surface area contributed by atoms with Crippen molar-refractivity contribution in [2.75, 3.05) is 14.1 Å². The van der Waals surface area contributed by atoms with Crippen LogP contribution in [0.2, 0.25) is 0 Å². The standard InChI is InChI=1S/C14H25NO2/c1-12(2)10-6-7-13(12,3)14(17,8-10)9-11(16)15(4)5/h10,17H,6-9H2,1-5H3/t10-,13-,14+/m1/s1. The lowest BCUT2D eigenvalue weighted by molar-refractivity contribution is -0.144. The Morgan fingerprint density at radius 3 is 2.29 bits per heavy atom. The zero-order valence-electron chi connectivity index (χ0n) is 11.7. The summed E-state index contributed by atoms with van der Waals surface area (Å²) in [5.74, 6) is 0.601. The van der Waals surface area contributed by atoms with Gasteiger partial charge in [-0.3, -0.25) is 4.79 Å². The van der Waals surface area contributed by atoms with E-state index >= 15 is 0 Å². The molecule has 0 radical (unpaired) electrons. The van der Waals surface area contributed by atoms with Crippen molar-refractivity contribution in [3.63, 3.8) is 0 Å². The van der Waals surface area contributed by atoms with E-state index in [0.29, 0.717) is 5.92 Å². The molecule has 0 heterocycles.